The van der Waals surface area contributed by atoms with Crippen LogP contribution in [0.1, 0.15) is 22.8 Å². The topological polar surface area (TPSA) is 90.9 Å². The number of esters is 1. The van der Waals surface area contributed by atoms with Crippen molar-refractivity contribution < 1.29 is 37.4 Å². The van der Waals surface area contributed by atoms with Crippen LogP contribution in [-0.4, -0.2) is 37.6 Å². The molecule has 0 bridgehead atoms. The Hall–Kier alpha value is -3.75. The van der Waals surface area contributed by atoms with E-state index in [-0.39, 0.29) is 11.3 Å². The number of imide groups is 1. The highest BCUT2D eigenvalue weighted by molar-refractivity contribution is 6.05. The molecule has 9 heteroatoms. The first-order chi connectivity index (χ1) is 14.4. The first kappa shape index (κ1) is 22.5. The fraction of sp³-hybridized carbons (Fsp3) is 0.190. The van der Waals surface area contributed by atoms with Gasteiger partial charge >= 0.3 is 12.6 Å². The molecule has 2 aromatic rings. The van der Waals surface area contributed by atoms with Crippen molar-refractivity contribution in [2.24, 2.45) is 0 Å². The maximum absolute atomic E-state index is 12.1. The van der Waals surface area contributed by atoms with E-state index in [0.29, 0.717) is 17.9 Å². The lowest BCUT2D eigenvalue weighted by Gasteiger charge is -2.07. The standard InChI is InChI=1S/C21H19F2NO6/c1-2-28-17-6-4-3-5-14(17)9-12-19(26)29-13-18(25)24-20(27)15-7-10-16(11-8-15)30-21(22)23/h3-12,21H,2,13H2,1H3,(H,24,25,27)/b12-9+. The minimum absolute atomic E-state index is 0.0451. The first-order valence-corrected chi connectivity index (χ1v) is 8.84. The van der Waals surface area contributed by atoms with Gasteiger partial charge in [-0.05, 0) is 43.3 Å². The van der Waals surface area contributed by atoms with Crippen molar-refractivity contribution in [2.45, 2.75) is 13.5 Å². The number of ether oxygens (including phenoxy) is 3. The molecule has 0 aromatic heterocycles. The molecule has 0 atom stereocenters. The minimum atomic E-state index is -2.98. The maximum atomic E-state index is 12.1. The van der Waals surface area contributed by atoms with Crippen molar-refractivity contribution >= 4 is 23.9 Å². The Bertz CT molecular complexity index is 912. The predicted octanol–water partition coefficient (Wildman–Crippen LogP) is 3.20. The lowest BCUT2D eigenvalue weighted by Crippen LogP contribution is -2.34. The zero-order valence-electron chi connectivity index (χ0n) is 16.0. The summed E-state index contributed by atoms with van der Waals surface area (Å²) in [5.41, 5.74) is 0.707. The molecule has 1 N–H and O–H groups in total. The lowest BCUT2D eigenvalue weighted by molar-refractivity contribution is -0.143. The number of carbonyl (C=O) groups is 3. The number of para-hydroxylation sites is 1. The molecule has 0 heterocycles. The number of amides is 2. The number of halogens is 2. The van der Waals surface area contributed by atoms with Gasteiger partial charge in [0.2, 0.25) is 0 Å². The molecule has 0 saturated heterocycles. The summed E-state index contributed by atoms with van der Waals surface area (Å²) in [5, 5.41) is 2.02. The van der Waals surface area contributed by atoms with Crippen LogP contribution in [-0.2, 0) is 14.3 Å². The molecular formula is C21H19F2NO6. The predicted molar refractivity (Wildman–Crippen MR) is 103 cm³/mol. The summed E-state index contributed by atoms with van der Waals surface area (Å²) in [7, 11) is 0. The van der Waals surface area contributed by atoms with E-state index < -0.39 is 31.0 Å². The van der Waals surface area contributed by atoms with Gasteiger partial charge in [0.05, 0.1) is 6.61 Å². The number of carbonyl (C=O) groups excluding carboxylic acids is 3. The van der Waals surface area contributed by atoms with Gasteiger partial charge in [0.25, 0.3) is 11.8 Å². The third-order valence-electron chi connectivity index (χ3n) is 3.56. The van der Waals surface area contributed by atoms with Crippen LogP contribution in [0.2, 0.25) is 0 Å². The molecule has 7 nitrogen and oxygen atoms in total. The lowest BCUT2D eigenvalue weighted by atomic mass is 10.2. The Morgan fingerprint density at radius 2 is 1.77 bits per heavy atom. The van der Waals surface area contributed by atoms with Gasteiger partial charge in [-0.1, -0.05) is 18.2 Å². The SMILES string of the molecule is CCOc1ccccc1/C=C/C(=O)OCC(=O)NC(=O)c1ccc(OC(F)F)cc1. The van der Waals surface area contributed by atoms with E-state index in [9.17, 15) is 23.2 Å². The zero-order chi connectivity index (χ0) is 21.9. The van der Waals surface area contributed by atoms with Crippen molar-refractivity contribution in [2.75, 3.05) is 13.2 Å². The number of benzene rings is 2. The largest absolute Gasteiger partial charge is 0.493 e. The Kier molecular flexibility index (Phi) is 8.49. The van der Waals surface area contributed by atoms with Crippen molar-refractivity contribution in [3.8, 4) is 11.5 Å². The smallest absolute Gasteiger partial charge is 0.387 e. The molecular weight excluding hydrogens is 400 g/mol. The summed E-state index contributed by atoms with van der Waals surface area (Å²) in [6, 6.07) is 11.8. The summed E-state index contributed by atoms with van der Waals surface area (Å²) < 4.78 is 38.6. The van der Waals surface area contributed by atoms with Gasteiger partial charge in [0.15, 0.2) is 6.61 Å². The van der Waals surface area contributed by atoms with E-state index in [1.807, 2.05) is 12.2 Å². The van der Waals surface area contributed by atoms with E-state index in [4.69, 9.17) is 9.47 Å². The molecule has 0 aliphatic heterocycles. The maximum Gasteiger partial charge on any atom is 0.387 e. The van der Waals surface area contributed by atoms with Gasteiger partial charge in [0.1, 0.15) is 11.5 Å². The van der Waals surface area contributed by atoms with Crippen molar-refractivity contribution in [3.63, 3.8) is 0 Å². The fourth-order valence-corrected chi connectivity index (χ4v) is 2.27. The van der Waals surface area contributed by atoms with Crippen LogP contribution in [0.4, 0.5) is 8.78 Å². The van der Waals surface area contributed by atoms with E-state index in [0.717, 1.165) is 18.2 Å². The molecule has 0 saturated carbocycles. The van der Waals surface area contributed by atoms with Crippen molar-refractivity contribution in [1.29, 1.82) is 0 Å². The Morgan fingerprint density at radius 1 is 1.07 bits per heavy atom. The third-order valence-corrected chi connectivity index (χ3v) is 3.56. The van der Waals surface area contributed by atoms with E-state index in [1.165, 1.54) is 18.2 Å². The number of hydrogen-bond acceptors (Lipinski definition) is 6. The summed E-state index contributed by atoms with van der Waals surface area (Å²) in [4.78, 5) is 35.5. The molecule has 30 heavy (non-hydrogen) atoms. The molecule has 2 rings (SSSR count). The summed E-state index contributed by atoms with van der Waals surface area (Å²) in [6.07, 6.45) is 2.62. The average molecular weight is 419 g/mol. The third kappa shape index (κ3) is 7.34. The van der Waals surface area contributed by atoms with Crippen LogP contribution in [0.3, 0.4) is 0 Å². The Morgan fingerprint density at radius 3 is 2.43 bits per heavy atom. The second kappa shape index (κ2) is 11.3. The van der Waals surface area contributed by atoms with Gasteiger partial charge in [-0.3, -0.25) is 14.9 Å². The summed E-state index contributed by atoms with van der Waals surface area (Å²) in [6.45, 7) is -1.36. The highest BCUT2D eigenvalue weighted by Crippen LogP contribution is 2.19. The molecule has 0 unspecified atom stereocenters. The summed E-state index contributed by atoms with van der Waals surface area (Å²) >= 11 is 0. The van der Waals surface area contributed by atoms with Crippen LogP contribution in [0.25, 0.3) is 6.08 Å². The molecule has 0 radical (unpaired) electrons. The van der Waals surface area contributed by atoms with Crippen LogP contribution in [0.15, 0.2) is 54.6 Å². The van der Waals surface area contributed by atoms with E-state index >= 15 is 0 Å². The molecule has 2 amide bonds. The van der Waals surface area contributed by atoms with Crippen molar-refractivity contribution in [3.05, 3.63) is 65.7 Å². The van der Waals surface area contributed by atoms with Gasteiger partial charge in [-0.25, -0.2) is 4.79 Å². The molecule has 158 valence electrons. The Balaban J connectivity index is 1.82. The molecule has 0 aliphatic rings. The van der Waals surface area contributed by atoms with E-state index in [1.54, 1.807) is 24.3 Å². The average Bonchev–Trinajstić information content (AvgIpc) is 2.72. The Labute approximate surface area is 171 Å². The van der Waals surface area contributed by atoms with Crippen LogP contribution < -0.4 is 14.8 Å². The monoisotopic (exact) mass is 419 g/mol. The summed E-state index contributed by atoms with van der Waals surface area (Å²) in [5.74, 6) is -1.93. The molecule has 0 spiro atoms. The first-order valence-electron chi connectivity index (χ1n) is 8.84. The van der Waals surface area contributed by atoms with Crippen LogP contribution >= 0.6 is 0 Å². The highest BCUT2D eigenvalue weighted by Gasteiger charge is 2.13. The number of nitrogens with one attached hydrogen (secondary N) is 1. The van der Waals surface area contributed by atoms with Gasteiger partial charge < -0.3 is 14.2 Å². The second-order valence-corrected chi connectivity index (χ2v) is 5.69. The number of hydrogen-bond donors (Lipinski definition) is 1. The molecule has 2 aromatic carbocycles. The van der Waals surface area contributed by atoms with E-state index in [2.05, 4.69) is 4.74 Å². The van der Waals surface area contributed by atoms with Crippen LogP contribution in [0.5, 0.6) is 11.5 Å². The highest BCUT2D eigenvalue weighted by atomic mass is 19.3. The van der Waals surface area contributed by atoms with Gasteiger partial charge in [-0.15, -0.1) is 0 Å². The fourth-order valence-electron chi connectivity index (χ4n) is 2.27. The normalized spacial score (nSPS) is 10.7. The second-order valence-electron chi connectivity index (χ2n) is 5.69. The van der Waals surface area contributed by atoms with Crippen molar-refractivity contribution in [1.82, 2.24) is 5.32 Å². The minimum Gasteiger partial charge on any atom is -0.493 e. The van der Waals surface area contributed by atoms with Crippen LogP contribution in [0, 0.1) is 0 Å². The number of rotatable bonds is 9. The molecule has 0 aliphatic carbocycles. The number of alkyl halides is 2. The van der Waals surface area contributed by atoms with Gasteiger partial charge in [0, 0.05) is 17.2 Å². The zero-order valence-corrected chi connectivity index (χ0v) is 16.0. The van der Waals surface area contributed by atoms with Gasteiger partial charge in [-0.2, -0.15) is 8.78 Å². The quantitative estimate of drug-likeness (QED) is 0.496. The molecule has 0 fully saturated rings.